The van der Waals surface area contributed by atoms with Crippen molar-refractivity contribution in [2.24, 2.45) is 0 Å². The molecule has 0 aliphatic heterocycles. The molecule has 0 aromatic rings. The van der Waals surface area contributed by atoms with Crippen molar-refractivity contribution in [2.75, 3.05) is 0 Å². The molecule has 34 valence electrons. The highest BCUT2D eigenvalue weighted by Gasteiger charge is 1.70. The third kappa shape index (κ3) is 466. The molecule has 3 heteroatoms. The summed E-state index contributed by atoms with van der Waals surface area (Å²) in [4.78, 5) is 0. The molecule has 0 aliphatic carbocycles. The summed E-state index contributed by atoms with van der Waals surface area (Å²) in [5.74, 6) is 0. The smallest absolute Gasteiger partial charge is 0.148 e. The Hall–Kier alpha value is 0.210. The Kier molecular flexibility index (Phi) is 7.55. The van der Waals surface area contributed by atoms with Gasteiger partial charge in [0, 0.05) is 0 Å². The molecule has 0 bridgehead atoms. The largest absolute Gasteiger partial charge is 0.368 e. The quantitative estimate of drug-likeness (QED) is 0.410. The van der Waals surface area contributed by atoms with E-state index in [0.29, 0.717) is 0 Å². The summed E-state index contributed by atoms with van der Waals surface area (Å²) in [7, 11) is 0. The fraction of sp³-hybridized carbons (Fsp3) is 1.00. The maximum Gasteiger partial charge on any atom is 0.148 e. The second-order valence-electron chi connectivity index (χ2n) is 0.632. The summed E-state index contributed by atoms with van der Waals surface area (Å²) in [5, 5.41) is 15.2. The lowest BCUT2D eigenvalue weighted by Crippen LogP contribution is -1.92. The minimum absolute atomic E-state index is 0. The van der Waals surface area contributed by atoms with Crippen LogP contribution >= 0.6 is 12.4 Å². The zero-order valence-electron chi connectivity index (χ0n) is 2.88. The van der Waals surface area contributed by atoms with Gasteiger partial charge >= 0.3 is 0 Å². The van der Waals surface area contributed by atoms with Gasteiger partial charge in [0.2, 0.25) is 0 Å². The maximum absolute atomic E-state index is 7.61. The van der Waals surface area contributed by atoms with Crippen LogP contribution in [0.3, 0.4) is 0 Å². The number of hydrogen-bond acceptors (Lipinski definition) is 2. The first-order valence-electron chi connectivity index (χ1n) is 1.09. The Balaban J connectivity index is 0. The fourth-order valence-corrected chi connectivity index (χ4v) is 0. The fourth-order valence-electron chi connectivity index (χ4n) is 0. The third-order valence-electron chi connectivity index (χ3n) is 0. The summed E-state index contributed by atoms with van der Waals surface area (Å²) in [6.07, 6.45) is -1.17. The van der Waals surface area contributed by atoms with Gasteiger partial charge in [0.25, 0.3) is 0 Å². The van der Waals surface area contributed by atoms with Gasteiger partial charge in [-0.3, -0.25) is 0 Å². The Labute approximate surface area is 36.8 Å². The first-order chi connectivity index (χ1) is 1.73. The summed E-state index contributed by atoms with van der Waals surface area (Å²) >= 11 is 0. The van der Waals surface area contributed by atoms with E-state index in [0.717, 1.165) is 0 Å². The van der Waals surface area contributed by atoms with Gasteiger partial charge in [-0.05, 0) is 6.92 Å². The highest BCUT2D eigenvalue weighted by atomic mass is 35.5. The van der Waals surface area contributed by atoms with Crippen LogP contribution in [0.4, 0.5) is 0 Å². The number of aliphatic hydroxyl groups excluding tert-OH is 1. The molecule has 0 aliphatic rings. The summed E-state index contributed by atoms with van der Waals surface area (Å²) < 4.78 is 0. The first kappa shape index (κ1) is 8.96. The SMILES string of the molecule is CC(O)O.Cl. The number of rotatable bonds is 0. The molecule has 0 radical (unpaired) electrons. The van der Waals surface area contributed by atoms with Crippen molar-refractivity contribution < 1.29 is 10.2 Å². The summed E-state index contributed by atoms with van der Waals surface area (Å²) in [5.41, 5.74) is 0. The molecule has 0 spiro atoms. The lowest BCUT2D eigenvalue weighted by atomic mass is 10.8. The average Bonchev–Trinajstić information content (AvgIpc) is 0.811. The van der Waals surface area contributed by atoms with Gasteiger partial charge in [-0.1, -0.05) is 0 Å². The summed E-state index contributed by atoms with van der Waals surface area (Å²) in [6, 6.07) is 0. The van der Waals surface area contributed by atoms with Gasteiger partial charge < -0.3 is 10.2 Å². The van der Waals surface area contributed by atoms with Crippen LogP contribution in [0.2, 0.25) is 0 Å². The van der Waals surface area contributed by atoms with Gasteiger partial charge in [-0.2, -0.15) is 0 Å². The Morgan fingerprint density at radius 3 is 1.40 bits per heavy atom. The van der Waals surface area contributed by atoms with Crippen LogP contribution in [-0.2, 0) is 0 Å². The van der Waals surface area contributed by atoms with E-state index in [9.17, 15) is 0 Å². The lowest BCUT2D eigenvalue weighted by Gasteiger charge is -1.80. The van der Waals surface area contributed by atoms with Crippen molar-refractivity contribution in [1.29, 1.82) is 0 Å². The minimum Gasteiger partial charge on any atom is -0.368 e. The minimum atomic E-state index is -1.17. The van der Waals surface area contributed by atoms with Crippen LogP contribution in [0, 0.1) is 0 Å². The molecule has 0 unspecified atom stereocenters. The van der Waals surface area contributed by atoms with E-state index in [1.165, 1.54) is 6.92 Å². The van der Waals surface area contributed by atoms with Crippen LogP contribution in [0.5, 0.6) is 0 Å². The zero-order chi connectivity index (χ0) is 3.58. The predicted octanol–water partition coefficient (Wildman–Crippen LogP) is -0.261. The van der Waals surface area contributed by atoms with E-state index in [2.05, 4.69) is 0 Å². The molecule has 0 heterocycles. The van der Waals surface area contributed by atoms with E-state index < -0.39 is 6.29 Å². The molecule has 0 amide bonds. The molecular weight excluding hydrogens is 91.5 g/mol. The average molecular weight is 98.5 g/mol. The van der Waals surface area contributed by atoms with Crippen molar-refractivity contribution in [3.8, 4) is 0 Å². The van der Waals surface area contributed by atoms with E-state index in [1.54, 1.807) is 0 Å². The topological polar surface area (TPSA) is 40.5 Å². The monoisotopic (exact) mass is 98.0 g/mol. The van der Waals surface area contributed by atoms with Gasteiger partial charge in [0.1, 0.15) is 6.29 Å². The van der Waals surface area contributed by atoms with Crippen molar-refractivity contribution in [3.05, 3.63) is 0 Å². The van der Waals surface area contributed by atoms with Gasteiger partial charge in [-0.15, -0.1) is 12.4 Å². The molecule has 0 aromatic heterocycles. The Bertz CT molecular complexity index is 12.4. The Morgan fingerprint density at radius 2 is 1.40 bits per heavy atom. The molecule has 0 rings (SSSR count). The molecular formula is C2H7ClO2. The van der Waals surface area contributed by atoms with E-state index in [-0.39, 0.29) is 12.4 Å². The highest BCUT2D eigenvalue weighted by Crippen LogP contribution is 1.57. The number of hydrogen-bond donors (Lipinski definition) is 2. The van der Waals surface area contributed by atoms with Crippen molar-refractivity contribution in [3.63, 3.8) is 0 Å². The van der Waals surface area contributed by atoms with Crippen LogP contribution < -0.4 is 0 Å². The summed E-state index contributed by atoms with van der Waals surface area (Å²) in [6.45, 7) is 1.28. The van der Waals surface area contributed by atoms with Crippen LogP contribution in [0.1, 0.15) is 6.92 Å². The van der Waals surface area contributed by atoms with E-state index in [4.69, 9.17) is 10.2 Å². The van der Waals surface area contributed by atoms with Gasteiger partial charge in [0.15, 0.2) is 0 Å². The van der Waals surface area contributed by atoms with Crippen molar-refractivity contribution in [1.82, 2.24) is 0 Å². The van der Waals surface area contributed by atoms with Crippen LogP contribution in [0.25, 0.3) is 0 Å². The zero-order valence-corrected chi connectivity index (χ0v) is 3.70. The van der Waals surface area contributed by atoms with Crippen LogP contribution in [0.15, 0.2) is 0 Å². The Morgan fingerprint density at radius 1 is 1.40 bits per heavy atom. The standard InChI is InChI=1S/C2H6O2.ClH/c1-2(3)4;/h2-4H,1H3;1H. The van der Waals surface area contributed by atoms with E-state index >= 15 is 0 Å². The van der Waals surface area contributed by atoms with Crippen molar-refractivity contribution >= 4 is 12.4 Å². The second-order valence-corrected chi connectivity index (χ2v) is 0.632. The molecule has 0 atom stereocenters. The van der Waals surface area contributed by atoms with E-state index in [1.807, 2.05) is 0 Å². The molecule has 0 saturated heterocycles. The maximum atomic E-state index is 7.61. The molecule has 5 heavy (non-hydrogen) atoms. The number of aliphatic hydroxyl groups is 2. The molecule has 0 aromatic carbocycles. The van der Waals surface area contributed by atoms with Crippen LogP contribution in [-0.4, -0.2) is 16.5 Å². The van der Waals surface area contributed by atoms with Gasteiger partial charge in [0.05, 0.1) is 0 Å². The second kappa shape index (κ2) is 4.21. The lowest BCUT2D eigenvalue weighted by molar-refractivity contribution is -0.0228. The predicted molar refractivity (Wildman–Crippen MR) is 21.1 cm³/mol. The molecule has 2 nitrogen and oxygen atoms in total. The molecule has 0 saturated carbocycles. The van der Waals surface area contributed by atoms with Gasteiger partial charge in [-0.25, -0.2) is 0 Å². The molecule has 2 N–H and O–H groups in total. The molecule has 0 fully saturated rings. The first-order valence-corrected chi connectivity index (χ1v) is 1.09. The van der Waals surface area contributed by atoms with Crippen molar-refractivity contribution in [2.45, 2.75) is 13.2 Å². The highest BCUT2D eigenvalue weighted by molar-refractivity contribution is 5.85. The third-order valence-corrected chi connectivity index (χ3v) is 0. The number of halogens is 1. The normalized spacial score (nSPS) is 7.20.